The minimum absolute atomic E-state index is 0.00699. The fourth-order valence-corrected chi connectivity index (χ4v) is 3.40. The van der Waals surface area contributed by atoms with Gasteiger partial charge in [0.1, 0.15) is 0 Å². The van der Waals surface area contributed by atoms with Crippen molar-refractivity contribution in [3.05, 3.63) is 81.7 Å². The number of benzene rings is 2. The molecule has 0 radical (unpaired) electrons. The van der Waals surface area contributed by atoms with Gasteiger partial charge >= 0.3 is 0 Å². The highest BCUT2D eigenvalue weighted by Gasteiger charge is 2.17. The topological polar surface area (TPSA) is 62.0 Å². The van der Waals surface area contributed by atoms with Crippen LogP contribution in [0, 0.1) is 0 Å². The highest BCUT2D eigenvalue weighted by Crippen LogP contribution is 2.27. The van der Waals surface area contributed by atoms with E-state index in [1.54, 1.807) is 6.08 Å². The molecule has 0 spiro atoms. The lowest BCUT2D eigenvalue weighted by atomic mass is 10.1. The largest absolute Gasteiger partial charge is 0.322 e. The molecule has 0 fully saturated rings. The lowest BCUT2D eigenvalue weighted by Crippen LogP contribution is -2.13. The van der Waals surface area contributed by atoms with Crippen LogP contribution in [0.5, 0.6) is 0 Å². The first-order valence-electron chi connectivity index (χ1n) is 8.42. The van der Waals surface area contributed by atoms with Gasteiger partial charge in [-0.25, -0.2) is 0 Å². The molecule has 25 heavy (non-hydrogen) atoms. The minimum Gasteiger partial charge on any atom is -0.322 e. The number of anilines is 1. The smallest absolute Gasteiger partial charge is 0.251 e. The molecule has 0 atom stereocenters. The number of H-pyrrole nitrogens is 1. The molecule has 2 N–H and O–H groups in total. The average molecular weight is 330 g/mol. The number of hydrogen-bond donors (Lipinski definition) is 2. The van der Waals surface area contributed by atoms with Crippen molar-refractivity contribution in [3.8, 4) is 0 Å². The average Bonchev–Trinajstić information content (AvgIpc) is 3.11. The number of carbonyl (C=O) groups excluding carboxylic acids is 1. The van der Waals surface area contributed by atoms with Crippen molar-refractivity contribution in [3.63, 3.8) is 0 Å². The van der Waals surface area contributed by atoms with E-state index in [9.17, 15) is 9.59 Å². The molecule has 0 unspecified atom stereocenters. The number of aromatic amines is 1. The number of pyridine rings is 1. The van der Waals surface area contributed by atoms with E-state index >= 15 is 0 Å². The van der Waals surface area contributed by atoms with Gasteiger partial charge in [-0.3, -0.25) is 9.59 Å². The van der Waals surface area contributed by atoms with Crippen LogP contribution < -0.4 is 10.9 Å². The zero-order valence-electron chi connectivity index (χ0n) is 13.7. The molecule has 0 bridgehead atoms. The fourth-order valence-electron chi connectivity index (χ4n) is 3.40. The summed E-state index contributed by atoms with van der Waals surface area (Å²) in [5.41, 5.74) is 4.47. The van der Waals surface area contributed by atoms with Gasteiger partial charge in [0.2, 0.25) is 5.91 Å². The predicted molar refractivity (Wildman–Crippen MR) is 101 cm³/mol. The third-order valence-corrected chi connectivity index (χ3v) is 4.58. The number of fused-ring (bicyclic) bond motifs is 3. The highest BCUT2D eigenvalue weighted by molar-refractivity contribution is 6.03. The summed E-state index contributed by atoms with van der Waals surface area (Å²) >= 11 is 0. The third kappa shape index (κ3) is 3.11. The van der Waals surface area contributed by atoms with E-state index in [4.69, 9.17) is 0 Å². The molecular formula is C21H18N2O2. The number of rotatable bonds is 3. The van der Waals surface area contributed by atoms with Crippen molar-refractivity contribution in [2.45, 2.75) is 19.3 Å². The maximum atomic E-state index is 12.2. The van der Waals surface area contributed by atoms with Crippen molar-refractivity contribution in [2.24, 2.45) is 0 Å². The lowest BCUT2D eigenvalue weighted by Gasteiger charge is -2.08. The van der Waals surface area contributed by atoms with Crippen LogP contribution in [-0.4, -0.2) is 10.9 Å². The second-order valence-corrected chi connectivity index (χ2v) is 6.26. The zero-order valence-corrected chi connectivity index (χ0v) is 13.7. The fraction of sp³-hybridized carbons (Fsp3) is 0.143. The summed E-state index contributed by atoms with van der Waals surface area (Å²) in [6, 6.07) is 15.3. The lowest BCUT2D eigenvalue weighted by molar-refractivity contribution is -0.111. The van der Waals surface area contributed by atoms with E-state index in [1.807, 2.05) is 48.5 Å². The molecule has 2 aromatic carbocycles. The van der Waals surface area contributed by atoms with Gasteiger partial charge < -0.3 is 10.3 Å². The molecule has 4 rings (SSSR count). The molecular weight excluding hydrogens is 312 g/mol. The Kier molecular flexibility index (Phi) is 3.94. The van der Waals surface area contributed by atoms with Crippen molar-refractivity contribution >= 4 is 28.6 Å². The molecule has 3 aromatic rings. The van der Waals surface area contributed by atoms with Gasteiger partial charge in [-0.1, -0.05) is 36.4 Å². The number of aryl methyl sites for hydroxylation is 1. The van der Waals surface area contributed by atoms with Gasteiger partial charge in [0, 0.05) is 22.7 Å². The Bertz CT molecular complexity index is 1030. The molecule has 1 aromatic heterocycles. The van der Waals surface area contributed by atoms with E-state index in [1.165, 1.54) is 6.08 Å². The summed E-state index contributed by atoms with van der Waals surface area (Å²) in [5.74, 6) is -0.202. The number of amides is 1. The summed E-state index contributed by atoms with van der Waals surface area (Å²) in [6.07, 6.45) is 6.10. The maximum Gasteiger partial charge on any atom is 0.251 e. The van der Waals surface area contributed by atoms with Crippen LogP contribution in [0.3, 0.4) is 0 Å². The Morgan fingerprint density at radius 1 is 1.04 bits per heavy atom. The van der Waals surface area contributed by atoms with Gasteiger partial charge in [-0.15, -0.1) is 0 Å². The van der Waals surface area contributed by atoms with Gasteiger partial charge in [-0.2, -0.15) is 0 Å². The number of carbonyl (C=O) groups is 1. The standard InChI is InChI=1S/C21H18N2O2/c24-20(12-9-14-5-2-1-3-6-14)22-15-10-11-17-16-7-4-8-18(16)21(25)23-19(17)13-15/h1-3,5-6,9-13H,4,7-8H2,(H,22,24)(H,23,25)/b12-9-. The number of aromatic nitrogens is 1. The van der Waals surface area contributed by atoms with E-state index in [-0.39, 0.29) is 11.5 Å². The Balaban J connectivity index is 1.58. The van der Waals surface area contributed by atoms with Crippen LogP contribution in [0.25, 0.3) is 17.0 Å². The van der Waals surface area contributed by atoms with Crippen molar-refractivity contribution in [2.75, 3.05) is 5.32 Å². The molecule has 1 amide bonds. The Hall–Kier alpha value is -3.14. The van der Waals surface area contributed by atoms with Crippen LogP contribution in [0.1, 0.15) is 23.1 Å². The van der Waals surface area contributed by atoms with Crippen LogP contribution in [-0.2, 0) is 17.6 Å². The molecule has 0 saturated carbocycles. The van der Waals surface area contributed by atoms with Crippen LogP contribution >= 0.6 is 0 Å². The van der Waals surface area contributed by atoms with E-state index in [2.05, 4.69) is 10.3 Å². The summed E-state index contributed by atoms with van der Waals surface area (Å²) in [5, 5.41) is 3.92. The molecule has 0 saturated heterocycles. The molecule has 4 heteroatoms. The van der Waals surface area contributed by atoms with E-state index in [0.29, 0.717) is 5.69 Å². The first-order valence-corrected chi connectivity index (χ1v) is 8.42. The normalized spacial score (nSPS) is 13.3. The Labute approximate surface area is 145 Å². The van der Waals surface area contributed by atoms with Gasteiger partial charge in [0.05, 0.1) is 5.52 Å². The number of hydrogen-bond acceptors (Lipinski definition) is 2. The monoisotopic (exact) mass is 330 g/mol. The first kappa shape index (κ1) is 15.4. The van der Waals surface area contributed by atoms with Crippen molar-refractivity contribution < 1.29 is 4.79 Å². The van der Waals surface area contributed by atoms with Gasteiger partial charge in [-0.05, 0) is 48.6 Å². The summed E-state index contributed by atoms with van der Waals surface area (Å²) in [6.45, 7) is 0. The second-order valence-electron chi connectivity index (χ2n) is 6.26. The SMILES string of the molecule is O=C(/C=C\c1ccccc1)Nc1ccc2c3c(c(=O)[nH]c2c1)CCC3. The summed E-state index contributed by atoms with van der Waals surface area (Å²) < 4.78 is 0. The molecule has 1 aliphatic carbocycles. The third-order valence-electron chi connectivity index (χ3n) is 4.58. The summed E-state index contributed by atoms with van der Waals surface area (Å²) in [7, 11) is 0. The van der Waals surface area contributed by atoms with E-state index < -0.39 is 0 Å². The molecule has 4 nitrogen and oxygen atoms in total. The Morgan fingerprint density at radius 2 is 1.84 bits per heavy atom. The van der Waals surface area contributed by atoms with Gasteiger partial charge in [0.25, 0.3) is 5.56 Å². The maximum absolute atomic E-state index is 12.2. The van der Waals surface area contributed by atoms with Crippen LogP contribution in [0.4, 0.5) is 5.69 Å². The van der Waals surface area contributed by atoms with Crippen LogP contribution in [0.2, 0.25) is 0 Å². The number of nitrogens with one attached hydrogen (secondary N) is 2. The first-order chi connectivity index (χ1) is 12.2. The second kappa shape index (κ2) is 6.40. The Morgan fingerprint density at radius 3 is 2.68 bits per heavy atom. The zero-order chi connectivity index (χ0) is 17.2. The van der Waals surface area contributed by atoms with Gasteiger partial charge in [0.15, 0.2) is 0 Å². The molecule has 0 aliphatic heterocycles. The molecule has 124 valence electrons. The van der Waals surface area contributed by atoms with Crippen LogP contribution in [0.15, 0.2) is 59.4 Å². The highest BCUT2D eigenvalue weighted by atomic mass is 16.1. The summed E-state index contributed by atoms with van der Waals surface area (Å²) in [4.78, 5) is 27.2. The predicted octanol–water partition coefficient (Wildman–Crippen LogP) is 3.67. The quantitative estimate of drug-likeness (QED) is 0.720. The van der Waals surface area contributed by atoms with E-state index in [0.717, 1.165) is 46.9 Å². The molecule has 1 heterocycles. The van der Waals surface area contributed by atoms with Crippen molar-refractivity contribution in [1.82, 2.24) is 4.98 Å². The minimum atomic E-state index is -0.202. The molecule has 1 aliphatic rings. The van der Waals surface area contributed by atoms with Crippen molar-refractivity contribution in [1.29, 1.82) is 0 Å².